The molecular weight excluding hydrogens is 370 g/mol. The van der Waals surface area contributed by atoms with Crippen molar-refractivity contribution < 1.29 is 36.7 Å². The predicted octanol–water partition coefficient (Wildman–Crippen LogP) is 4.15. The van der Waals surface area contributed by atoms with Gasteiger partial charge in [0.05, 0.1) is 6.61 Å². The van der Waals surface area contributed by atoms with Crippen molar-refractivity contribution in [1.29, 1.82) is 0 Å². The Morgan fingerprint density at radius 2 is 1.70 bits per heavy atom. The Labute approximate surface area is 152 Å². The average Bonchev–Trinajstić information content (AvgIpc) is 2.61. The molecule has 0 aliphatic carbocycles. The summed E-state index contributed by atoms with van der Waals surface area (Å²) in [6.07, 6.45) is 2.19. The highest BCUT2D eigenvalue weighted by Gasteiger charge is 2.12. The van der Waals surface area contributed by atoms with E-state index in [-0.39, 0.29) is 17.9 Å². The van der Waals surface area contributed by atoms with Crippen molar-refractivity contribution >= 4 is 12.0 Å². The highest BCUT2D eigenvalue weighted by Crippen LogP contribution is 2.28. The van der Waals surface area contributed by atoms with Gasteiger partial charge in [-0.1, -0.05) is 30.3 Å². The topological polar surface area (TPSA) is 56.8 Å². The molecule has 5 nitrogen and oxygen atoms in total. The van der Waals surface area contributed by atoms with Crippen LogP contribution in [0.4, 0.5) is 17.6 Å². The van der Waals surface area contributed by atoms with Crippen molar-refractivity contribution in [2.45, 2.75) is 19.8 Å². The van der Waals surface area contributed by atoms with Crippen LogP contribution >= 0.6 is 0 Å². The number of amides is 1. The minimum atomic E-state index is -3.18. The summed E-state index contributed by atoms with van der Waals surface area (Å²) in [4.78, 5) is 16.7. The van der Waals surface area contributed by atoms with Gasteiger partial charge >= 0.3 is 13.2 Å². The van der Waals surface area contributed by atoms with Gasteiger partial charge in [-0.3, -0.25) is 9.63 Å². The second-order valence-corrected chi connectivity index (χ2v) is 5.03. The minimum absolute atomic E-state index is 0.0649. The van der Waals surface area contributed by atoms with Crippen LogP contribution in [0.3, 0.4) is 0 Å². The fraction of sp³-hybridized carbons (Fsp3) is 0.167. The average molecular weight is 385 g/mol. The maximum atomic E-state index is 12.5. The lowest BCUT2D eigenvalue weighted by Crippen LogP contribution is -2.21. The van der Waals surface area contributed by atoms with E-state index in [0.717, 1.165) is 23.8 Å². The number of carbonyl (C=O) groups is 1. The first-order valence-corrected chi connectivity index (χ1v) is 7.61. The van der Waals surface area contributed by atoms with Crippen molar-refractivity contribution in [3.8, 4) is 11.5 Å². The normalized spacial score (nSPS) is 11.2. The van der Waals surface area contributed by atoms with E-state index in [1.54, 1.807) is 12.1 Å². The molecule has 0 saturated carbocycles. The van der Waals surface area contributed by atoms with Crippen molar-refractivity contribution in [3.63, 3.8) is 0 Å². The third-order valence-electron chi connectivity index (χ3n) is 3.09. The minimum Gasteiger partial charge on any atom is -0.435 e. The Hall–Kier alpha value is -3.07. The molecule has 0 spiro atoms. The standard InChI is InChI=1S/C18H15F4NO4/c19-17(20)26-14-8-6-13(15(10-14)27-18(21)22)7-9-16(24)23-25-11-12-4-2-1-3-5-12/h1-10,17-18H,11H2,(H,23,24)/b9-7+. The molecule has 0 aliphatic heterocycles. The van der Waals surface area contributed by atoms with Gasteiger partial charge in [0.25, 0.3) is 5.91 Å². The van der Waals surface area contributed by atoms with Crippen molar-refractivity contribution in [2.24, 2.45) is 0 Å². The van der Waals surface area contributed by atoms with Crippen LogP contribution in [-0.4, -0.2) is 19.1 Å². The maximum absolute atomic E-state index is 12.5. The summed E-state index contributed by atoms with van der Waals surface area (Å²) in [5, 5.41) is 0. The number of halogens is 4. The summed E-state index contributed by atoms with van der Waals surface area (Å²) < 4.78 is 57.8. The first kappa shape index (κ1) is 20.2. The second kappa shape index (κ2) is 10.2. The van der Waals surface area contributed by atoms with Crippen LogP contribution in [0, 0.1) is 0 Å². The zero-order valence-electron chi connectivity index (χ0n) is 13.8. The molecule has 0 radical (unpaired) electrons. The highest BCUT2D eigenvalue weighted by atomic mass is 19.3. The molecule has 0 saturated heterocycles. The molecule has 1 amide bonds. The second-order valence-electron chi connectivity index (χ2n) is 5.03. The van der Waals surface area contributed by atoms with Gasteiger partial charge in [-0.2, -0.15) is 17.6 Å². The molecule has 0 bridgehead atoms. The summed E-state index contributed by atoms with van der Waals surface area (Å²) in [6.45, 7) is -6.15. The molecule has 0 unspecified atom stereocenters. The molecule has 27 heavy (non-hydrogen) atoms. The van der Waals surface area contributed by atoms with Gasteiger partial charge in [0.2, 0.25) is 0 Å². The Morgan fingerprint density at radius 1 is 1.00 bits per heavy atom. The van der Waals surface area contributed by atoms with E-state index in [9.17, 15) is 22.4 Å². The SMILES string of the molecule is O=C(/C=C/c1ccc(OC(F)F)cc1OC(F)F)NOCc1ccccc1. The predicted molar refractivity (Wildman–Crippen MR) is 88.1 cm³/mol. The summed E-state index contributed by atoms with van der Waals surface area (Å²) in [5.74, 6) is -1.42. The van der Waals surface area contributed by atoms with Crippen molar-refractivity contribution in [2.75, 3.05) is 0 Å². The van der Waals surface area contributed by atoms with Crippen LogP contribution in [0.2, 0.25) is 0 Å². The molecule has 0 fully saturated rings. The third kappa shape index (κ3) is 7.37. The lowest BCUT2D eigenvalue weighted by Gasteiger charge is -2.11. The smallest absolute Gasteiger partial charge is 0.387 e. The van der Waals surface area contributed by atoms with Gasteiger partial charge in [0.1, 0.15) is 11.5 Å². The van der Waals surface area contributed by atoms with Crippen LogP contribution < -0.4 is 15.0 Å². The molecule has 0 atom stereocenters. The quantitative estimate of drug-likeness (QED) is 0.400. The Morgan fingerprint density at radius 3 is 2.37 bits per heavy atom. The summed E-state index contributed by atoms with van der Waals surface area (Å²) in [7, 11) is 0. The lowest BCUT2D eigenvalue weighted by molar-refractivity contribution is -0.129. The molecule has 0 aliphatic rings. The van der Waals surface area contributed by atoms with Crippen molar-refractivity contribution in [3.05, 3.63) is 65.7 Å². The van der Waals surface area contributed by atoms with E-state index in [4.69, 9.17) is 4.84 Å². The lowest BCUT2D eigenvalue weighted by atomic mass is 10.1. The van der Waals surface area contributed by atoms with Crippen LogP contribution in [0.1, 0.15) is 11.1 Å². The first-order chi connectivity index (χ1) is 12.9. The number of rotatable bonds is 9. The number of benzene rings is 2. The van der Waals surface area contributed by atoms with Gasteiger partial charge < -0.3 is 9.47 Å². The fourth-order valence-corrected chi connectivity index (χ4v) is 1.99. The van der Waals surface area contributed by atoms with E-state index in [0.29, 0.717) is 0 Å². The van der Waals surface area contributed by atoms with Gasteiger partial charge in [0, 0.05) is 17.7 Å². The number of hydrogen-bond donors (Lipinski definition) is 1. The summed E-state index contributed by atoms with van der Waals surface area (Å²) >= 11 is 0. The van der Waals surface area contributed by atoms with Crippen molar-refractivity contribution in [1.82, 2.24) is 5.48 Å². The molecule has 0 aromatic heterocycles. The Balaban J connectivity index is 1.97. The molecule has 2 aromatic carbocycles. The van der Waals surface area contributed by atoms with Crippen LogP contribution in [0.15, 0.2) is 54.6 Å². The fourth-order valence-electron chi connectivity index (χ4n) is 1.99. The Kier molecular flexibility index (Phi) is 7.63. The number of ether oxygens (including phenoxy) is 2. The number of hydrogen-bond acceptors (Lipinski definition) is 4. The number of alkyl halides is 4. The molecule has 9 heteroatoms. The van der Waals surface area contributed by atoms with Gasteiger partial charge in [0.15, 0.2) is 0 Å². The maximum Gasteiger partial charge on any atom is 0.387 e. The third-order valence-corrected chi connectivity index (χ3v) is 3.09. The monoisotopic (exact) mass is 385 g/mol. The Bertz CT molecular complexity index is 769. The zero-order chi connectivity index (χ0) is 19.6. The van der Waals surface area contributed by atoms with Gasteiger partial charge in [-0.05, 0) is 23.8 Å². The highest BCUT2D eigenvalue weighted by molar-refractivity contribution is 5.91. The van der Waals surface area contributed by atoms with E-state index in [1.165, 1.54) is 12.1 Å². The van der Waals surface area contributed by atoms with E-state index in [1.807, 2.05) is 18.2 Å². The number of hydroxylamine groups is 1. The number of carbonyl (C=O) groups excluding carboxylic acids is 1. The summed E-state index contributed by atoms with van der Waals surface area (Å²) in [5.41, 5.74) is 3.06. The zero-order valence-corrected chi connectivity index (χ0v) is 13.8. The van der Waals surface area contributed by atoms with E-state index < -0.39 is 24.9 Å². The molecule has 2 aromatic rings. The van der Waals surface area contributed by atoms with Gasteiger partial charge in [-0.25, -0.2) is 5.48 Å². The summed E-state index contributed by atoms with van der Waals surface area (Å²) in [6, 6.07) is 12.3. The van der Waals surface area contributed by atoms with Gasteiger partial charge in [-0.15, -0.1) is 0 Å². The van der Waals surface area contributed by atoms with E-state index in [2.05, 4.69) is 15.0 Å². The molecule has 144 valence electrons. The largest absolute Gasteiger partial charge is 0.435 e. The first-order valence-electron chi connectivity index (χ1n) is 7.61. The molecule has 1 N–H and O–H groups in total. The molecular formula is C18H15F4NO4. The van der Waals surface area contributed by atoms with Crippen LogP contribution in [0.5, 0.6) is 11.5 Å². The van der Waals surface area contributed by atoms with Crippen LogP contribution in [-0.2, 0) is 16.2 Å². The molecule has 2 rings (SSSR count). The van der Waals surface area contributed by atoms with Crippen LogP contribution in [0.25, 0.3) is 6.08 Å². The van der Waals surface area contributed by atoms with E-state index >= 15 is 0 Å². The number of nitrogens with one attached hydrogen (secondary N) is 1. The molecule has 0 heterocycles.